The van der Waals surface area contributed by atoms with Crippen molar-refractivity contribution in [2.24, 2.45) is 11.8 Å². The fourth-order valence-electron chi connectivity index (χ4n) is 3.30. The summed E-state index contributed by atoms with van der Waals surface area (Å²) in [7, 11) is 0. The Morgan fingerprint density at radius 1 is 1.27 bits per heavy atom. The summed E-state index contributed by atoms with van der Waals surface area (Å²) in [5, 5.41) is 0. The molecule has 0 saturated carbocycles. The Kier molecular flexibility index (Phi) is 5.65. The molecule has 2 heterocycles. The molecule has 0 aromatic carbocycles. The van der Waals surface area contributed by atoms with E-state index in [0.29, 0.717) is 29.5 Å². The van der Waals surface area contributed by atoms with E-state index < -0.39 is 0 Å². The van der Waals surface area contributed by atoms with Crippen molar-refractivity contribution >= 4 is 5.91 Å². The molecule has 22 heavy (non-hydrogen) atoms. The zero-order valence-electron chi connectivity index (χ0n) is 14.7. The van der Waals surface area contributed by atoms with Crippen LogP contribution in [0.5, 0.6) is 0 Å². The largest absolute Gasteiger partial charge is 0.435 e. The smallest absolute Gasteiger partial charge is 0.291 e. The Morgan fingerprint density at radius 2 is 2.00 bits per heavy atom. The maximum atomic E-state index is 13.0. The number of nitrogens with zero attached hydrogens (tertiary/aromatic N) is 2. The predicted molar refractivity (Wildman–Crippen MR) is 87.9 cm³/mol. The first-order valence-corrected chi connectivity index (χ1v) is 8.67. The van der Waals surface area contributed by atoms with Gasteiger partial charge in [-0.1, -0.05) is 40.5 Å². The first-order chi connectivity index (χ1) is 10.4. The second-order valence-electron chi connectivity index (χ2n) is 7.28. The van der Waals surface area contributed by atoms with Crippen molar-refractivity contribution < 1.29 is 9.21 Å². The molecule has 2 rings (SSSR count). The third-order valence-electron chi connectivity index (χ3n) is 4.45. The molecular formula is C18H30N2O2. The van der Waals surface area contributed by atoms with Crippen LogP contribution in [-0.4, -0.2) is 28.4 Å². The highest BCUT2D eigenvalue weighted by Crippen LogP contribution is 2.26. The third kappa shape index (κ3) is 3.90. The van der Waals surface area contributed by atoms with Gasteiger partial charge in [0.1, 0.15) is 0 Å². The van der Waals surface area contributed by atoms with Crippen LogP contribution in [-0.2, 0) is 6.42 Å². The minimum absolute atomic E-state index is 0.0283. The number of likely N-dealkylation sites (tertiary alicyclic amines) is 1. The minimum Gasteiger partial charge on any atom is -0.435 e. The Labute approximate surface area is 134 Å². The first kappa shape index (κ1) is 17.0. The van der Waals surface area contributed by atoms with E-state index in [1.165, 1.54) is 12.8 Å². The van der Waals surface area contributed by atoms with Crippen LogP contribution >= 0.6 is 0 Å². The van der Waals surface area contributed by atoms with Gasteiger partial charge in [-0.25, -0.2) is 4.98 Å². The van der Waals surface area contributed by atoms with Crippen molar-refractivity contribution in [3.05, 3.63) is 17.3 Å². The number of carbonyl (C=O) groups excluding carboxylic acids is 1. The summed E-state index contributed by atoms with van der Waals surface area (Å²) in [6, 6.07) is 0.313. The molecule has 4 nitrogen and oxygen atoms in total. The third-order valence-corrected chi connectivity index (χ3v) is 4.45. The fourth-order valence-corrected chi connectivity index (χ4v) is 3.30. The molecule has 1 atom stereocenters. The normalized spacial score (nSPS) is 19.8. The molecular weight excluding hydrogens is 276 g/mol. The number of carbonyl (C=O) groups is 1. The highest BCUT2D eigenvalue weighted by atomic mass is 16.4. The van der Waals surface area contributed by atoms with Crippen LogP contribution in [0.3, 0.4) is 0 Å². The lowest BCUT2D eigenvalue weighted by Gasteiger charge is -2.32. The molecule has 0 aliphatic carbocycles. The van der Waals surface area contributed by atoms with Gasteiger partial charge >= 0.3 is 0 Å². The van der Waals surface area contributed by atoms with E-state index in [4.69, 9.17) is 4.42 Å². The summed E-state index contributed by atoms with van der Waals surface area (Å²) in [6.07, 6.45) is 5.37. The van der Waals surface area contributed by atoms with Gasteiger partial charge in [-0.3, -0.25) is 4.79 Å². The van der Waals surface area contributed by atoms with E-state index in [0.717, 1.165) is 31.5 Å². The van der Waals surface area contributed by atoms with Gasteiger partial charge in [0.25, 0.3) is 5.91 Å². The summed E-state index contributed by atoms with van der Waals surface area (Å²) in [6.45, 7) is 11.4. The van der Waals surface area contributed by atoms with Gasteiger partial charge in [0.2, 0.25) is 5.76 Å². The Balaban J connectivity index is 2.23. The average Bonchev–Trinajstić information content (AvgIpc) is 2.65. The van der Waals surface area contributed by atoms with E-state index in [9.17, 15) is 4.79 Å². The molecule has 1 aromatic heterocycles. The first-order valence-electron chi connectivity index (χ1n) is 8.67. The van der Waals surface area contributed by atoms with Gasteiger partial charge in [-0.15, -0.1) is 0 Å². The monoisotopic (exact) mass is 306 g/mol. The molecule has 0 spiro atoms. The topological polar surface area (TPSA) is 46.3 Å². The summed E-state index contributed by atoms with van der Waals surface area (Å²) < 4.78 is 5.81. The number of amides is 1. The summed E-state index contributed by atoms with van der Waals surface area (Å²) in [4.78, 5) is 19.5. The maximum Gasteiger partial charge on any atom is 0.291 e. The van der Waals surface area contributed by atoms with Crippen molar-refractivity contribution in [2.45, 2.75) is 72.8 Å². The minimum atomic E-state index is 0.0283. The van der Waals surface area contributed by atoms with E-state index in [2.05, 4.69) is 32.7 Å². The summed E-state index contributed by atoms with van der Waals surface area (Å²) in [5.41, 5.74) is 0.729. The van der Waals surface area contributed by atoms with E-state index in [1.54, 1.807) is 0 Å². The predicted octanol–water partition coefficient (Wildman–Crippen LogP) is 4.22. The highest BCUT2D eigenvalue weighted by molar-refractivity contribution is 5.92. The molecule has 4 heteroatoms. The van der Waals surface area contributed by atoms with Gasteiger partial charge in [0.15, 0.2) is 5.89 Å². The van der Waals surface area contributed by atoms with Crippen molar-refractivity contribution in [3.8, 4) is 0 Å². The molecule has 1 aliphatic heterocycles. The lowest BCUT2D eigenvalue weighted by molar-refractivity contribution is 0.0596. The van der Waals surface area contributed by atoms with E-state index >= 15 is 0 Å². The van der Waals surface area contributed by atoms with Gasteiger partial charge in [0, 0.05) is 19.0 Å². The summed E-state index contributed by atoms with van der Waals surface area (Å²) >= 11 is 0. The molecule has 0 bridgehead atoms. The number of oxazole rings is 1. The highest BCUT2D eigenvalue weighted by Gasteiger charge is 2.31. The van der Waals surface area contributed by atoms with Gasteiger partial charge < -0.3 is 9.32 Å². The number of hydrogen-bond donors (Lipinski definition) is 0. The van der Waals surface area contributed by atoms with Gasteiger partial charge in [-0.2, -0.15) is 0 Å². The zero-order valence-corrected chi connectivity index (χ0v) is 14.7. The average molecular weight is 306 g/mol. The quantitative estimate of drug-likeness (QED) is 0.836. The van der Waals surface area contributed by atoms with Crippen molar-refractivity contribution in [2.75, 3.05) is 6.54 Å². The van der Waals surface area contributed by atoms with Crippen LogP contribution < -0.4 is 0 Å². The Hall–Kier alpha value is -1.32. The molecule has 1 aliphatic rings. The second kappa shape index (κ2) is 7.30. The van der Waals surface area contributed by atoms with Crippen LogP contribution in [0.4, 0.5) is 0 Å². The molecule has 1 fully saturated rings. The fraction of sp³-hybridized carbons (Fsp3) is 0.778. The number of aromatic nitrogens is 1. The van der Waals surface area contributed by atoms with Crippen LogP contribution in [0.2, 0.25) is 0 Å². The van der Waals surface area contributed by atoms with Gasteiger partial charge in [0.05, 0.1) is 5.69 Å². The molecule has 0 unspecified atom stereocenters. The molecule has 1 saturated heterocycles. The standard InChI is InChI=1S/C18H30N2O2/c1-12(2)11-16-19-14(5)17(22-16)18(21)20-10-8-6-7-9-15(20)13(3)4/h12-13,15H,6-11H2,1-5H3/t15-/m0/s1. The van der Waals surface area contributed by atoms with E-state index in [1.807, 2.05) is 11.8 Å². The number of rotatable bonds is 4. The van der Waals surface area contributed by atoms with Gasteiger partial charge in [-0.05, 0) is 31.6 Å². The van der Waals surface area contributed by atoms with Crippen LogP contribution in [0.15, 0.2) is 4.42 Å². The van der Waals surface area contributed by atoms with Crippen LogP contribution in [0, 0.1) is 18.8 Å². The number of hydrogen-bond acceptors (Lipinski definition) is 3. The van der Waals surface area contributed by atoms with Crippen molar-refractivity contribution in [1.29, 1.82) is 0 Å². The number of aryl methyl sites for hydroxylation is 1. The lowest BCUT2D eigenvalue weighted by Crippen LogP contribution is -2.43. The maximum absolute atomic E-state index is 13.0. The van der Waals surface area contributed by atoms with Crippen LogP contribution in [0.1, 0.15) is 75.5 Å². The van der Waals surface area contributed by atoms with Crippen molar-refractivity contribution in [1.82, 2.24) is 9.88 Å². The second-order valence-corrected chi connectivity index (χ2v) is 7.28. The van der Waals surface area contributed by atoms with Crippen molar-refractivity contribution in [3.63, 3.8) is 0 Å². The van der Waals surface area contributed by atoms with E-state index in [-0.39, 0.29) is 5.91 Å². The Morgan fingerprint density at radius 3 is 2.64 bits per heavy atom. The molecule has 1 amide bonds. The lowest BCUT2D eigenvalue weighted by atomic mass is 9.98. The molecule has 0 radical (unpaired) electrons. The zero-order chi connectivity index (χ0) is 16.3. The SMILES string of the molecule is Cc1nc(CC(C)C)oc1C(=O)N1CCCCC[C@H]1C(C)C. The summed E-state index contributed by atoms with van der Waals surface area (Å²) in [5.74, 6) is 2.11. The molecule has 0 N–H and O–H groups in total. The Bertz CT molecular complexity index is 505. The molecule has 124 valence electrons. The van der Waals surface area contributed by atoms with Crippen LogP contribution in [0.25, 0.3) is 0 Å². The molecule has 1 aromatic rings.